The van der Waals surface area contributed by atoms with Crippen LogP contribution in [0.2, 0.25) is 0 Å². The number of carbonyl (C=O) groups is 1. The SMILES string of the molecule is N#Cc1cc(NC(=O)N2[C@H]3CCC[C@@H]2c2ccnc(F)c2C3)no1.[HH]. The number of hydrogen-bond donors (Lipinski definition) is 1. The number of nitrogens with one attached hydrogen (secondary N) is 1. The number of halogens is 1. The highest BCUT2D eigenvalue weighted by atomic mass is 19.1. The second kappa shape index (κ2) is 5.60. The van der Waals surface area contributed by atoms with Crippen LogP contribution in [0.4, 0.5) is 15.0 Å². The molecule has 1 N–H and O–H groups in total. The van der Waals surface area contributed by atoms with E-state index in [1.54, 1.807) is 11.0 Å². The van der Waals surface area contributed by atoms with Crippen LogP contribution < -0.4 is 5.32 Å². The number of carbonyl (C=O) groups excluding carboxylic acids is 1. The molecule has 7 nitrogen and oxygen atoms in total. The lowest BCUT2D eigenvalue weighted by atomic mass is 9.81. The molecule has 1 saturated heterocycles. The molecule has 2 atom stereocenters. The minimum atomic E-state index is -0.445. The Labute approximate surface area is 138 Å². The Bertz CT molecular complexity index is 849. The van der Waals surface area contributed by atoms with Crippen molar-refractivity contribution in [1.82, 2.24) is 15.0 Å². The van der Waals surface area contributed by atoms with Crippen LogP contribution in [-0.2, 0) is 6.42 Å². The number of piperidine rings is 1. The quantitative estimate of drug-likeness (QED) is 0.811. The van der Waals surface area contributed by atoms with Crippen molar-refractivity contribution in [3.63, 3.8) is 0 Å². The summed E-state index contributed by atoms with van der Waals surface area (Å²) in [5, 5.41) is 15.1. The van der Waals surface area contributed by atoms with Gasteiger partial charge in [0, 0.05) is 25.3 Å². The van der Waals surface area contributed by atoms with E-state index in [0.29, 0.717) is 12.0 Å². The van der Waals surface area contributed by atoms with Gasteiger partial charge in [0.1, 0.15) is 6.07 Å². The van der Waals surface area contributed by atoms with Gasteiger partial charge in [-0.2, -0.15) is 9.65 Å². The molecule has 0 radical (unpaired) electrons. The molecule has 1 fully saturated rings. The van der Waals surface area contributed by atoms with E-state index in [4.69, 9.17) is 9.78 Å². The van der Waals surface area contributed by atoms with Crippen molar-refractivity contribution in [2.45, 2.75) is 37.8 Å². The molecule has 8 heteroatoms. The Morgan fingerprint density at radius 3 is 3.21 bits per heavy atom. The molecule has 0 spiro atoms. The highest BCUT2D eigenvalue weighted by Gasteiger charge is 2.41. The number of urea groups is 1. The maximum Gasteiger partial charge on any atom is 0.323 e. The zero-order valence-corrected chi connectivity index (χ0v) is 12.7. The Balaban J connectivity index is 0.00000182. The monoisotopic (exact) mass is 329 g/mol. The van der Waals surface area contributed by atoms with E-state index in [1.165, 1.54) is 12.3 Å². The Hall–Kier alpha value is -2.95. The fourth-order valence-corrected chi connectivity index (χ4v) is 3.68. The fraction of sp³-hybridized carbons (Fsp3) is 0.375. The van der Waals surface area contributed by atoms with Gasteiger partial charge in [-0.1, -0.05) is 5.16 Å². The van der Waals surface area contributed by atoms with Crippen molar-refractivity contribution in [1.29, 1.82) is 5.26 Å². The van der Waals surface area contributed by atoms with Crippen LogP contribution in [0, 0.1) is 17.3 Å². The number of aromatic nitrogens is 2. The van der Waals surface area contributed by atoms with E-state index >= 15 is 0 Å². The predicted octanol–water partition coefficient (Wildman–Crippen LogP) is 3.01. The minimum Gasteiger partial charge on any atom is -0.343 e. The molecule has 2 amide bonds. The van der Waals surface area contributed by atoms with Gasteiger partial charge in [0.2, 0.25) is 11.7 Å². The highest BCUT2D eigenvalue weighted by Crippen LogP contribution is 2.42. The Kier molecular flexibility index (Phi) is 3.41. The molecule has 4 rings (SSSR count). The summed E-state index contributed by atoms with van der Waals surface area (Å²) in [7, 11) is 0. The van der Waals surface area contributed by atoms with E-state index in [9.17, 15) is 9.18 Å². The van der Waals surface area contributed by atoms with Crippen LogP contribution in [0.3, 0.4) is 0 Å². The maximum atomic E-state index is 14.0. The lowest BCUT2D eigenvalue weighted by Crippen LogP contribution is -2.51. The third-order valence-electron chi connectivity index (χ3n) is 4.67. The first-order valence-corrected chi connectivity index (χ1v) is 7.77. The van der Waals surface area contributed by atoms with Crippen molar-refractivity contribution in [2.75, 3.05) is 5.32 Å². The third-order valence-corrected chi connectivity index (χ3v) is 4.67. The Morgan fingerprint density at radius 1 is 1.54 bits per heavy atom. The second-order valence-corrected chi connectivity index (χ2v) is 6.00. The normalized spacial score (nSPS) is 21.8. The standard InChI is InChI=1S/C16H14FN5O2.H2/c17-15-12-6-9-2-1-3-13(11(12)4-5-19-15)22(9)16(23)20-14-7-10(8-18)24-21-14;/h4-5,7,9,13H,1-3,6H2,(H,20,21,23);1H/t9-,13+;/m0./s1. The number of pyridine rings is 1. The summed E-state index contributed by atoms with van der Waals surface area (Å²) in [6.45, 7) is 0. The summed E-state index contributed by atoms with van der Waals surface area (Å²) < 4.78 is 18.8. The summed E-state index contributed by atoms with van der Waals surface area (Å²) in [6.07, 6.45) is 4.49. The van der Waals surface area contributed by atoms with Crippen molar-refractivity contribution in [3.05, 3.63) is 41.2 Å². The highest BCUT2D eigenvalue weighted by molar-refractivity contribution is 5.89. The fourth-order valence-electron chi connectivity index (χ4n) is 3.68. The van der Waals surface area contributed by atoms with Crippen LogP contribution in [-0.4, -0.2) is 27.1 Å². The molecular formula is C16H16FN5O2. The smallest absolute Gasteiger partial charge is 0.323 e. The summed E-state index contributed by atoms with van der Waals surface area (Å²) in [4.78, 5) is 18.2. The van der Waals surface area contributed by atoms with E-state index in [0.717, 1.165) is 24.8 Å². The first-order valence-electron chi connectivity index (χ1n) is 7.77. The molecule has 124 valence electrons. The molecule has 0 aliphatic carbocycles. The second-order valence-electron chi connectivity index (χ2n) is 6.00. The van der Waals surface area contributed by atoms with E-state index in [1.807, 2.05) is 6.07 Å². The molecule has 0 unspecified atom stereocenters. The van der Waals surface area contributed by atoms with Crippen LogP contribution in [0.5, 0.6) is 0 Å². The maximum absolute atomic E-state index is 14.0. The molecule has 2 aromatic heterocycles. The first-order chi connectivity index (χ1) is 11.7. The lowest BCUT2D eigenvalue weighted by molar-refractivity contribution is 0.104. The molecule has 0 aromatic carbocycles. The van der Waals surface area contributed by atoms with Crippen molar-refractivity contribution in [2.24, 2.45) is 0 Å². The van der Waals surface area contributed by atoms with E-state index < -0.39 is 5.95 Å². The number of nitriles is 1. The van der Waals surface area contributed by atoms with Crippen molar-refractivity contribution in [3.8, 4) is 6.07 Å². The summed E-state index contributed by atoms with van der Waals surface area (Å²) in [5.41, 5.74) is 1.44. The van der Waals surface area contributed by atoms with Gasteiger partial charge in [-0.25, -0.2) is 9.78 Å². The van der Waals surface area contributed by atoms with Crippen molar-refractivity contribution < 1.29 is 15.1 Å². The number of anilines is 1. The van der Waals surface area contributed by atoms with Crippen LogP contribution in [0.15, 0.2) is 22.9 Å². The van der Waals surface area contributed by atoms with Crippen LogP contribution in [0.25, 0.3) is 0 Å². The Morgan fingerprint density at radius 2 is 2.42 bits per heavy atom. The topological polar surface area (TPSA) is 95.1 Å². The van der Waals surface area contributed by atoms with Crippen LogP contribution >= 0.6 is 0 Å². The molecule has 2 aromatic rings. The van der Waals surface area contributed by atoms with Crippen LogP contribution in [0.1, 0.15) is 43.6 Å². The van der Waals surface area contributed by atoms with Gasteiger partial charge in [0.05, 0.1) is 6.04 Å². The van der Waals surface area contributed by atoms with E-state index in [2.05, 4.69) is 15.5 Å². The molecule has 24 heavy (non-hydrogen) atoms. The first kappa shape index (κ1) is 14.6. The van der Waals surface area contributed by atoms with Crippen molar-refractivity contribution >= 4 is 11.8 Å². The van der Waals surface area contributed by atoms with Gasteiger partial charge in [-0.05, 0) is 37.3 Å². The average Bonchev–Trinajstić information content (AvgIpc) is 3.03. The molecule has 2 aliphatic heterocycles. The largest absolute Gasteiger partial charge is 0.343 e. The number of amides is 2. The predicted molar refractivity (Wildman–Crippen MR) is 82.5 cm³/mol. The van der Waals surface area contributed by atoms with Gasteiger partial charge in [-0.3, -0.25) is 5.32 Å². The summed E-state index contributed by atoms with van der Waals surface area (Å²) >= 11 is 0. The van der Waals surface area contributed by atoms with E-state index in [-0.39, 0.29) is 31.1 Å². The molecular weight excluding hydrogens is 313 g/mol. The third kappa shape index (κ3) is 2.29. The molecule has 4 heterocycles. The lowest BCUT2D eigenvalue weighted by Gasteiger charge is -2.46. The van der Waals surface area contributed by atoms with Gasteiger partial charge in [0.15, 0.2) is 5.82 Å². The minimum absolute atomic E-state index is 0. The number of fused-ring (bicyclic) bond motifs is 4. The number of hydrogen-bond acceptors (Lipinski definition) is 5. The van der Waals surface area contributed by atoms with Gasteiger partial charge in [-0.15, -0.1) is 0 Å². The summed E-state index contributed by atoms with van der Waals surface area (Å²) in [5.74, 6) is -0.219. The number of nitrogens with zero attached hydrogens (tertiary/aromatic N) is 4. The molecule has 2 aliphatic rings. The molecule has 0 saturated carbocycles. The summed E-state index contributed by atoms with van der Waals surface area (Å²) in [6, 6.07) is 4.41. The van der Waals surface area contributed by atoms with Gasteiger partial charge >= 0.3 is 6.03 Å². The van der Waals surface area contributed by atoms with Gasteiger partial charge in [0.25, 0.3) is 0 Å². The number of rotatable bonds is 1. The van der Waals surface area contributed by atoms with Gasteiger partial charge < -0.3 is 9.42 Å². The molecule has 2 bridgehead atoms. The zero-order valence-electron chi connectivity index (χ0n) is 12.7. The zero-order chi connectivity index (χ0) is 16.7. The average molecular weight is 329 g/mol.